The summed E-state index contributed by atoms with van der Waals surface area (Å²) >= 11 is 5.10. The van der Waals surface area contributed by atoms with Crippen LogP contribution in [0.25, 0.3) is 0 Å². The van der Waals surface area contributed by atoms with Crippen LogP contribution in [0, 0.1) is 0 Å². The Balaban J connectivity index is 2.00. The van der Waals surface area contributed by atoms with Gasteiger partial charge in [-0.05, 0) is 28.1 Å². The molecule has 17 heavy (non-hydrogen) atoms. The van der Waals surface area contributed by atoms with E-state index in [0.29, 0.717) is 11.6 Å². The van der Waals surface area contributed by atoms with E-state index in [4.69, 9.17) is 0 Å². The third-order valence-corrected chi connectivity index (χ3v) is 4.49. The van der Waals surface area contributed by atoms with E-state index in [-0.39, 0.29) is 0 Å². The van der Waals surface area contributed by atoms with Crippen molar-refractivity contribution in [3.05, 3.63) is 47.0 Å². The molecule has 0 saturated heterocycles. The Hall–Kier alpha value is -0.780. The first kappa shape index (κ1) is 12.7. The maximum Gasteiger partial charge on any atom is 0.138 e. The maximum absolute atomic E-state index is 10.0. The molecule has 0 spiro atoms. The van der Waals surface area contributed by atoms with Gasteiger partial charge < -0.3 is 9.67 Å². The third kappa shape index (κ3) is 3.12. The molecule has 0 aliphatic rings. The predicted molar refractivity (Wildman–Crippen MR) is 73.0 cm³/mol. The smallest absolute Gasteiger partial charge is 0.138 e. The Morgan fingerprint density at radius 3 is 2.88 bits per heavy atom. The molecule has 1 N–H and O–H groups in total. The molecule has 0 radical (unpaired) electrons. The Morgan fingerprint density at radius 2 is 2.24 bits per heavy atom. The summed E-state index contributed by atoms with van der Waals surface area (Å²) in [5, 5.41) is 10.0. The van der Waals surface area contributed by atoms with Crippen LogP contribution in [0.3, 0.4) is 0 Å². The van der Waals surface area contributed by atoms with E-state index in [9.17, 15) is 5.11 Å². The molecule has 0 aliphatic heterocycles. The molecule has 0 bridgehead atoms. The molecule has 90 valence electrons. The van der Waals surface area contributed by atoms with Gasteiger partial charge in [0.1, 0.15) is 11.9 Å². The van der Waals surface area contributed by atoms with E-state index in [1.54, 1.807) is 18.0 Å². The number of aliphatic hydroxyl groups is 1. The second-order valence-electron chi connectivity index (χ2n) is 3.65. The van der Waals surface area contributed by atoms with E-state index in [0.717, 1.165) is 9.37 Å². The highest BCUT2D eigenvalue weighted by atomic mass is 79.9. The molecule has 1 unspecified atom stereocenters. The number of aromatic nitrogens is 2. The third-order valence-electron chi connectivity index (χ3n) is 2.39. The minimum atomic E-state index is -0.549. The molecule has 0 aliphatic carbocycles. The first-order chi connectivity index (χ1) is 8.18. The lowest BCUT2D eigenvalue weighted by molar-refractivity contribution is 0.190. The van der Waals surface area contributed by atoms with Crippen molar-refractivity contribution in [3.63, 3.8) is 0 Å². The number of aryl methyl sites for hydroxylation is 1. The fourth-order valence-corrected chi connectivity index (χ4v) is 3.00. The highest BCUT2D eigenvalue weighted by Gasteiger charge is 2.13. The second kappa shape index (κ2) is 5.71. The topological polar surface area (TPSA) is 38.0 Å². The summed E-state index contributed by atoms with van der Waals surface area (Å²) in [6.45, 7) is 0. The van der Waals surface area contributed by atoms with Crippen molar-refractivity contribution in [1.29, 1.82) is 0 Å². The van der Waals surface area contributed by atoms with Gasteiger partial charge in [0.25, 0.3) is 0 Å². The molecule has 2 aromatic rings. The van der Waals surface area contributed by atoms with E-state index in [2.05, 4.69) is 20.9 Å². The van der Waals surface area contributed by atoms with E-state index < -0.39 is 6.10 Å². The largest absolute Gasteiger partial charge is 0.384 e. The highest BCUT2D eigenvalue weighted by molar-refractivity contribution is 9.10. The Kier molecular flexibility index (Phi) is 4.25. The van der Waals surface area contributed by atoms with Crippen molar-refractivity contribution in [2.45, 2.75) is 11.0 Å². The molecule has 1 aromatic carbocycles. The summed E-state index contributed by atoms with van der Waals surface area (Å²) in [5.41, 5.74) is 0. The summed E-state index contributed by atoms with van der Waals surface area (Å²) < 4.78 is 2.89. The van der Waals surface area contributed by atoms with Crippen LogP contribution < -0.4 is 0 Å². The number of rotatable bonds is 4. The van der Waals surface area contributed by atoms with Crippen LogP contribution in [0.15, 0.2) is 46.0 Å². The predicted octanol–water partition coefficient (Wildman–Crippen LogP) is 3.01. The molecule has 1 heterocycles. The van der Waals surface area contributed by atoms with Crippen molar-refractivity contribution in [3.8, 4) is 0 Å². The van der Waals surface area contributed by atoms with Crippen LogP contribution in [-0.4, -0.2) is 20.4 Å². The Morgan fingerprint density at radius 1 is 1.47 bits per heavy atom. The SMILES string of the molecule is Cn1ccnc1C(O)CSc1ccccc1Br. The lowest BCUT2D eigenvalue weighted by Gasteiger charge is -2.10. The van der Waals surface area contributed by atoms with Gasteiger partial charge in [-0.15, -0.1) is 11.8 Å². The standard InChI is InChI=1S/C12H13BrN2OS/c1-15-7-6-14-12(15)10(16)8-17-11-5-3-2-4-9(11)13/h2-7,10,16H,8H2,1H3. The lowest BCUT2D eigenvalue weighted by Crippen LogP contribution is -2.07. The molecule has 0 saturated carbocycles. The molecule has 1 atom stereocenters. The Labute approximate surface area is 113 Å². The number of imidazole rings is 1. The van der Waals surface area contributed by atoms with Gasteiger partial charge in [0.2, 0.25) is 0 Å². The van der Waals surface area contributed by atoms with Crippen LogP contribution in [0.1, 0.15) is 11.9 Å². The van der Waals surface area contributed by atoms with Gasteiger partial charge in [-0.1, -0.05) is 12.1 Å². The highest BCUT2D eigenvalue weighted by Crippen LogP contribution is 2.29. The number of halogens is 1. The number of thioether (sulfide) groups is 1. The van der Waals surface area contributed by atoms with Gasteiger partial charge >= 0.3 is 0 Å². The summed E-state index contributed by atoms with van der Waals surface area (Å²) in [7, 11) is 1.88. The average Bonchev–Trinajstić information content (AvgIpc) is 2.74. The quantitative estimate of drug-likeness (QED) is 0.882. The van der Waals surface area contributed by atoms with Crippen LogP contribution in [0.5, 0.6) is 0 Å². The van der Waals surface area contributed by atoms with E-state index in [1.165, 1.54) is 0 Å². The van der Waals surface area contributed by atoms with Crippen LogP contribution in [0.2, 0.25) is 0 Å². The van der Waals surface area contributed by atoms with Gasteiger partial charge in [-0.3, -0.25) is 0 Å². The average molecular weight is 313 g/mol. The zero-order valence-corrected chi connectivity index (χ0v) is 11.8. The molecule has 3 nitrogen and oxygen atoms in total. The molecular formula is C12H13BrN2OS. The monoisotopic (exact) mass is 312 g/mol. The molecule has 1 aromatic heterocycles. The van der Waals surface area contributed by atoms with Gasteiger partial charge in [0, 0.05) is 34.6 Å². The summed E-state index contributed by atoms with van der Waals surface area (Å²) in [5.74, 6) is 1.29. The molecule has 0 amide bonds. The zero-order chi connectivity index (χ0) is 12.3. The summed E-state index contributed by atoms with van der Waals surface area (Å²) in [6.07, 6.45) is 2.98. The molecule has 0 fully saturated rings. The minimum Gasteiger partial charge on any atom is -0.384 e. The zero-order valence-electron chi connectivity index (χ0n) is 9.38. The van der Waals surface area contributed by atoms with Crippen LogP contribution in [0.4, 0.5) is 0 Å². The van der Waals surface area contributed by atoms with Crippen molar-refractivity contribution >= 4 is 27.7 Å². The van der Waals surface area contributed by atoms with Crippen molar-refractivity contribution in [1.82, 2.24) is 9.55 Å². The van der Waals surface area contributed by atoms with Gasteiger partial charge in [-0.2, -0.15) is 0 Å². The van der Waals surface area contributed by atoms with Crippen molar-refractivity contribution < 1.29 is 5.11 Å². The second-order valence-corrected chi connectivity index (χ2v) is 5.57. The minimum absolute atomic E-state index is 0.549. The number of nitrogens with zero attached hydrogens (tertiary/aromatic N) is 2. The normalized spacial score (nSPS) is 12.6. The van der Waals surface area contributed by atoms with Crippen LogP contribution >= 0.6 is 27.7 Å². The number of aliphatic hydroxyl groups excluding tert-OH is 1. The van der Waals surface area contributed by atoms with Crippen molar-refractivity contribution in [2.75, 3.05) is 5.75 Å². The fraction of sp³-hybridized carbons (Fsp3) is 0.250. The summed E-state index contributed by atoms with van der Waals surface area (Å²) in [4.78, 5) is 5.26. The van der Waals surface area contributed by atoms with Gasteiger partial charge in [0.05, 0.1) is 0 Å². The number of hydrogen-bond acceptors (Lipinski definition) is 3. The summed E-state index contributed by atoms with van der Waals surface area (Å²) in [6, 6.07) is 7.99. The van der Waals surface area contributed by atoms with Gasteiger partial charge in [0.15, 0.2) is 0 Å². The number of benzene rings is 1. The lowest BCUT2D eigenvalue weighted by atomic mass is 10.4. The van der Waals surface area contributed by atoms with Gasteiger partial charge in [-0.25, -0.2) is 4.98 Å². The van der Waals surface area contributed by atoms with E-state index in [1.807, 2.05) is 42.1 Å². The van der Waals surface area contributed by atoms with Crippen LogP contribution in [-0.2, 0) is 7.05 Å². The fourth-order valence-electron chi connectivity index (χ4n) is 1.50. The molecule has 2 rings (SSSR count). The van der Waals surface area contributed by atoms with E-state index >= 15 is 0 Å². The number of hydrogen-bond donors (Lipinski definition) is 1. The maximum atomic E-state index is 10.0. The Bertz CT molecular complexity index is 501. The first-order valence-electron chi connectivity index (χ1n) is 5.21. The molecular weight excluding hydrogens is 300 g/mol. The van der Waals surface area contributed by atoms with Crippen molar-refractivity contribution in [2.24, 2.45) is 7.05 Å². The molecule has 5 heteroatoms. The first-order valence-corrected chi connectivity index (χ1v) is 6.99.